The molecule has 3 atom stereocenters. The molecule has 3 unspecified atom stereocenters. The Morgan fingerprint density at radius 2 is 2.30 bits per heavy atom. The lowest BCUT2D eigenvalue weighted by Crippen LogP contribution is -2.49. The largest absolute Gasteiger partial charge is 0.378 e. The number of rotatable bonds is 2. The van der Waals surface area contributed by atoms with Gasteiger partial charge >= 0.3 is 0 Å². The highest BCUT2D eigenvalue weighted by Crippen LogP contribution is 2.39. The Balaban J connectivity index is 0.00000147. The van der Waals surface area contributed by atoms with Gasteiger partial charge in [-0.3, -0.25) is 0 Å². The number of hydrogen-bond acceptors (Lipinski definition) is 2. The Morgan fingerprint density at radius 1 is 1.45 bits per heavy atom. The first-order valence-corrected chi connectivity index (χ1v) is 7.01. The zero-order valence-electron chi connectivity index (χ0n) is 11.7. The smallest absolute Gasteiger partial charge is 0.193 e. The van der Waals surface area contributed by atoms with Gasteiger partial charge in [0, 0.05) is 18.2 Å². The van der Waals surface area contributed by atoms with Crippen molar-refractivity contribution in [1.29, 1.82) is 0 Å². The van der Waals surface area contributed by atoms with Gasteiger partial charge in [0.1, 0.15) is 0 Å². The molecule has 0 bridgehead atoms. The maximum absolute atomic E-state index is 5.99. The topological polar surface area (TPSA) is 59.6 Å². The Kier molecular flexibility index (Phi) is 5.26. The number of ether oxygens (including phenoxy) is 1. The van der Waals surface area contributed by atoms with E-state index in [0.717, 1.165) is 25.1 Å². The molecule has 110 valence electrons. The normalized spacial score (nSPS) is 28.9. The van der Waals surface area contributed by atoms with Gasteiger partial charge in [0.15, 0.2) is 5.96 Å². The Bertz CT molecular complexity index is 492. The molecule has 1 aromatic rings. The van der Waals surface area contributed by atoms with Gasteiger partial charge in [-0.15, -0.1) is 24.0 Å². The third kappa shape index (κ3) is 3.44. The fourth-order valence-electron chi connectivity index (χ4n) is 2.99. The van der Waals surface area contributed by atoms with Crippen molar-refractivity contribution in [2.75, 3.05) is 11.9 Å². The SMILES string of the molecule is Cc1cccc(NC(N)=NC2CC3OCCCC23)c1.I. The Hall–Kier alpha value is -0.820. The number of nitrogens with one attached hydrogen (secondary N) is 1. The summed E-state index contributed by atoms with van der Waals surface area (Å²) in [6, 6.07) is 8.48. The Labute approximate surface area is 137 Å². The molecule has 1 saturated carbocycles. The van der Waals surface area contributed by atoms with Crippen LogP contribution in [0.3, 0.4) is 0 Å². The van der Waals surface area contributed by atoms with E-state index < -0.39 is 0 Å². The van der Waals surface area contributed by atoms with E-state index in [9.17, 15) is 0 Å². The summed E-state index contributed by atoms with van der Waals surface area (Å²) in [7, 11) is 0. The van der Waals surface area contributed by atoms with E-state index in [2.05, 4.69) is 29.4 Å². The summed E-state index contributed by atoms with van der Waals surface area (Å²) in [5.74, 6) is 1.09. The third-order valence-electron chi connectivity index (χ3n) is 4.05. The van der Waals surface area contributed by atoms with Crippen LogP contribution in [-0.4, -0.2) is 24.7 Å². The lowest BCUT2D eigenvalue weighted by atomic mass is 9.73. The van der Waals surface area contributed by atoms with Gasteiger partial charge < -0.3 is 15.8 Å². The van der Waals surface area contributed by atoms with Gasteiger partial charge in [0.2, 0.25) is 0 Å². The summed E-state index contributed by atoms with van der Waals surface area (Å²) in [5, 5.41) is 3.16. The molecule has 20 heavy (non-hydrogen) atoms. The fourth-order valence-corrected chi connectivity index (χ4v) is 2.99. The predicted octanol–water partition coefficient (Wildman–Crippen LogP) is 2.91. The molecule has 1 aliphatic carbocycles. The first kappa shape index (κ1) is 15.6. The van der Waals surface area contributed by atoms with E-state index >= 15 is 0 Å². The second-order valence-corrected chi connectivity index (χ2v) is 5.53. The van der Waals surface area contributed by atoms with Crippen LogP contribution in [-0.2, 0) is 4.74 Å². The molecule has 0 spiro atoms. The maximum Gasteiger partial charge on any atom is 0.193 e. The highest BCUT2D eigenvalue weighted by atomic mass is 127. The number of benzene rings is 1. The molecule has 1 aromatic carbocycles. The molecule has 3 N–H and O–H groups in total. The van der Waals surface area contributed by atoms with Crippen LogP contribution < -0.4 is 11.1 Å². The van der Waals surface area contributed by atoms with E-state index in [1.54, 1.807) is 0 Å². The zero-order chi connectivity index (χ0) is 13.2. The molecule has 0 aromatic heterocycles. The van der Waals surface area contributed by atoms with Gasteiger partial charge in [-0.2, -0.15) is 0 Å². The average Bonchev–Trinajstić information content (AvgIpc) is 2.36. The minimum absolute atomic E-state index is 0. The fraction of sp³-hybridized carbons (Fsp3) is 0.533. The number of aryl methyl sites for hydroxylation is 1. The van der Waals surface area contributed by atoms with Crippen molar-refractivity contribution >= 4 is 35.6 Å². The summed E-state index contributed by atoms with van der Waals surface area (Å²) in [6.45, 7) is 2.98. The van der Waals surface area contributed by atoms with Crippen molar-refractivity contribution in [3.63, 3.8) is 0 Å². The van der Waals surface area contributed by atoms with Crippen molar-refractivity contribution in [2.45, 2.75) is 38.3 Å². The lowest BCUT2D eigenvalue weighted by Gasteiger charge is -2.45. The molecular weight excluding hydrogens is 365 g/mol. The van der Waals surface area contributed by atoms with Gasteiger partial charge in [-0.25, -0.2) is 4.99 Å². The lowest BCUT2D eigenvalue weighted by molar-refractivity contribution is -0.0937. The van der Waals surface area contributed by atoms with E-state index in [4.69, 9.17) is 10.5 Å². The first-order chi connectivity index (χ1) is 9.22. The highest BCUT2D eigenvalue weighted by Gasteiger charge is 2.43. The van der Waals surface area contributed by atoms with Crippen LogP contribution in [0.25, 0.3) is 0 Å². The van der Waals surface area contributed by atoms with Crippen LogP contribution in [0.1, 0.15) is 24.8 Å². The molecule has 0 amide bonds. The number of guanidine groups is 1. The van der Waals surface area contributed by atoms with Gasteiger partial charge in [-0.1, -0.05) is 12.1 Å². The number of hydrogen-bond donors (Lipinski definition) is 2. The summed E-state index contributed by atoms with van der Waals surface area (Å²) < 4.78 is 5.69. The number of anilines is 1. The van der Waals surface area contributed by atoms with Gasteiger partial charge in [0.25, 0.3) is 0 Å². The molecule has 0 radical (unpaired) electrons. The molecule has 1 saturated heterocycles. The monoisotopic (exact) mass is 387 g/mol. The highest BCUT2D eigenvalue weighted by molar-refractivity contribution is 14.0. The molecule has 1 aliphatic heterocycles. The standard InChI is InChI=1S/C15H21N3O.HI/c1-10-4-2-5-11(8-10)17-15(16)18-13-9-14-12(13)6-3-7-19-14;/h2,4-5,8,12-14H,3,6-7,9H2,1H3,(H3,16,17,18);1H. The van der Waals surface area contributed by atoms with Crippen LogP contribution in [0.15, 0.2) is 29.3 Å². The van der Waals surface area contributed by atoms with Crippen molar-refractivity contribution in [3.05, 3.63) is 29.8 Å². The number of halogens is 1. The van der Waals surface area contributed by atoms with E-state index in [1.165, 1.54) is 12.0 Å². The third-order valence-corrected chi connectivity index (χ3v) is 4.05. The maximum atomic E-state index is 5.99. The number of fused-ring (bicyclic) bond motifs is 1. The van der Waals surface area contributed by atoms with E-state index in [1.807, 2.05) is 12.1 Å². The Morgan fingerprint density at radius 3 is 3.05 bits per heavy atom. The first-order valence-electron chi connectivity index (χ1n) is 7.01. The summed E-state index contributed by atoms with van der Waals surface area (Å²) in [6.07, 6.45) is 3.81. The van der Waals surface area contributed by atoms with Crippen LogP contribution in [0.5, 0.6) is 0 Å². The summed E-state index contributed by atoms with van der Waals surface area (Å²) in [4.78, 5) is 4.59. The molecule has 1 heterocycles. The second-order valence-electron chi connectivity index (χ2n) is 5.53. The molecule has 4 nitrogen and oxygen atoms in total. The summed E-state index contributed by atoms with van der Waals surface area (Å²) >= 11 is 0. The van der Waals surface area contributed by atoms with Crippen molar-refractivity contribution in [1.82, 2.24) is 0 Å². The second kappa shape index (κ2) is 6.76. The zero-order valence-corrected chi connectivity index (χ0v) is 14.0. The van der Waals surface area contributed by atoms with Crippen molar-refractivity contribution < 1.29 is 4.74 Å². The summed E-state index contributed by atoms with van der Waals surface area (Å²) in [5.41, 5.74) is 8.19. The molecule has 3 rings (SSSR count). The van der Waals surface area contributed by atoms with Crippen LogP contribution >= 0.6 is 24.0 Å². The van der Waals surface area contributed by atoms with Gasteiger partial charge in [0.05, 0.1) is 12.1 Å². The molecule has 5 heteroatoms. The van der Waals surface area contributed by atoms with Gasteiger partial charge in [-0.05, 0) is 43.9 Å². The average molecular weight is 387 g/mol. The molecule has 2 fully saturated rings. The molecule has 2 aliphatic rings. The van der Waals surface area contributed by atoms with Crippen LogP contribution in [0.4, 0.5) is 5.69 Å². The van der Waals surface area contributed by atoms with Crippen LogP contribution in [0, 0.1) is 12.8 Å². The van der Waals surface area contributed by atoms with E-state index in [0.29, 0.717) is 24.0 Å². The van der Waals surface area contributed by atoms with Crippen molar-refractivity contribution in [3.8, 4) is 0 Å². The minimum atomic E-state index is 0. The predicted molar refractivity (Wildman–Crippen MR) is 92.7 cm³/mol. The van der Waals surface area contributed by atoms with Crippen LogP contribution in [0.2, 0.25) is 0 Å². The number of nitrogens with zero attached hydrogens (tertiary/aromatic N) is 1. The quantitative estimate of drug-likeness (QED) is 0.466. The number of nitrogens with two attached hydrogens (primary N) is 1. The minimum Gasteiger partial charge on any atom is -0.378 e. The molecular formula is C15H22IN3O. The number of aliphatic imine (C=N–C) groups is 1. The van der Waals surface area contributed by atoms with Crippen molar-refractivity contribution in [2.24, 2.45) is 16.6 Å². The van der Waals surface area contributed by atoms with E-state index in [-0.39, 0.29) is 24.0 Å².